The number of rotatable bonds is 4. The molecule has 0 amide bonds. The number of nitrogens with zero attached hydrogens (tertiary/aromatic N) is 1. The van der Waals surface area contributed by atoms with Crippen molar-refractivity contribution in [1.82, 2.24) is 5.32 Å². The van der Waals surface area contributed by atoms with E-state index in [2.05, 4.69) is 40.0 Å². The Morgan fingerprint density at radius 1 is 1.47 bits per heavy atom. The molecule has 1 aromatic rings. The third-order valence-electron chi connectivity index (χ3n) is 3.81. The molecule has 2 nitrogen and oxygen atoms in total. The van der Waals surface area contributed by atoms with E-state index in [1.54, 1.807) is 6.07 Å². The molecule has 0 bridgehead atoms. The van der Waals surface area contributed by atoms with Crippen LogP contribution in [0.5, 0.6) is 0 Å². The third-order valence-corrected chi connectivity index (χ3v) is 4.31. The van der Waals surface area contributed by atoms with E-state index in [1.807, 2.05) is 12.1 Å². The van der Waals surface area contributed by atoms with Crippen molar-refractivity contribution in [3.05, 3.63) is 28.5 Å². The first-order valence-electron chi connectivity index (χ1n) is 7.05. The summed E-state index contributed by atoms with van der Waals surface area (Å²) in [5.41, 5.74) is 0.726. The summed E-state index contributed by atoms with van der Waals surface area (Å²) in [6.07, 6.45) is 2.24. The van der Waals surface area contributed by atoms with Crippen molar-refractivity contribution < 1.29 is 4.39 Å². The van der Waals surface area contributed by atoms with Crippen LogP contribution in [0, 0.1) is 11.7 Å². The zero-order valence-corrected chi connectivity index (χ0v) is 13.2. The maximum atomic E-state index is 14.0. The second kappa shape index (κ2) is 6.71. The van der Waals surface area contributed by atoms with E-state index >= 15 is 0 Å². The van der Waals surface area contributed by atoms with Gasteiger partial charge in [0.05, 0.1) is 5.69 Å². The number of nitrogens with one attached hydrogen (secondary N) is 1. The molecule has 0 aliphatic carbocycles. The molecule has 2 atom stereocenters. The predicted octanol–water partition coefficient (Wildman–Crippen LogP) is 3.80. The van der Waals surface area contributed by atoms with Gasteiger partial charge in [-0.15, -0.1) is 0 Å². The Hall–Kier alpha value is -0.610. The molecule has 1 fully saturated rings. The number of piperidine rings is 1. The maximum absolute atomic E-state index is 14.0. The van der Waals surface area contributed by atoms with Crippen molar-refractivity contribution in [3.63, 3.8) is 0 Å². The first-order chi connectivity index (χ1) is 9.11. The fourth-order valence-corrected chi connectivity index (χ4v) is 3.07. The molecule has 0 radical (unpaired) electrons. The van der Waals surface area contributed by atoms with Gasteiger partial charge < -0.3 is 10.2 Å². The van der Waals surface area contributed by atoms with Crippen LogP contribution in [0.1, 0.15) is 26.7 Å². The molecule has 0 saturated carbocycles. The van der Waals surface area contributed by atoms with Gasteiger partial charge in [0.25, 0.3) is 0 Å². The molecule has 4 heteroatoms. The van der Waals surface area contributed by atoms with E-state index in [0.29, 0.717) is 12.0 Å². The molecule has 2 unspecified atom stereocenters. The molecule has 19 heavy (non-hydrogen) atoms. The van der Waals surface area contributed by atoms with Gasteiger partial charge in [-0.25, -0.2) is 4.39 Å². The first-order valence-corrected chi connectivity index (χ1v) is 7.84. The Morgan fingerprint density at radius 3 is 2.89 bits per heavy atom. The van der Waals surface area contributed by atoms with E-state index in [1.165, 1.54) is 0 Å². The minimum Gasteiger partial charge on any atom is -0.369 e. The minimum atomic E-state index is -0.137. The first kappa shape index (κ1) is 14.8. The van der Waals surface area contributed by atoms with Gasteiger partial charge in [0.15, 0.2) is 0 Å². The number of anilines is 1. The summed E-state index contributed by atoms with van der Waals surface area (Å²) in [6, 6.07) is 5.88. The molecule has 1 N–H and O–H groups in total. The highest BCUT2D eigenvalue weighted by atomic mass is 79.9. The van der Waals surface area contributed by atoms with Gasteiger partial charge >= 0.3 is 0 Å². The maximum Gasteiger partial charge on any atom is 0.147 e. The molecule has 1 aromatic carbocycles. The molecule has 0 spiro atoms. The highest BCUT2D eigenvalue weighted by Crippen LogP contribution is 2.27. The number of hydrogen-bond acceptors (Lipinski definition) is 2. The topological polar surface area (TPSA) is 15.3 Å². The van der Waals surface area contributed by atoms with Crippen LogP contribution in [-0.2, 0) is 0 Å². The SMILES string of the molecule is CCCNC1CCN(c2ccc(Br)cc2F)CC1C. The van der Waals surface area contributed by atoms with Gasteiger partial charge in [0.2, 0.25) is 0 Å². The molecule has 1 aliphatic rings. The zero-order chi connectivity index (χ0) is 13.8. The third kappa shape index (κ3) is 3.69. The van der Waals surface area contributed by atoms with Crippen LogP contribution >= 0.6 is 15.9 Å². The summed E-state index contributed by atoms with van der Waals surface area (Å²) in [5, 5.41) is 3.59. The van der Waals surface area contributed by atoms with Crippen LogP contribution in [-0.4, -0.2) is 25.7 Å². The Balaban J connectivity index is 2.01. The van der Waals surface area contributed by atoms with Crippen LogP contribution in [0.3, 0.4) is 0 Å². The predicted molar refractivity (Wildman–Crippen MR) is 82.2 cm³/mol. The van der Waals surface area contributed by atoms with E-state index in [0.717, 1.165) is 42.6 Å². The minimum absolute atomic E-state index is 0.137. The lowest BCUT2D eigenvalue weighted by Gasteiger charge is -2.38. The van der Waals surface area contributed by atoms with Gasteiger partial charge in [-0.1, -0.05) is 29.8 Å². The Kier molecular flexibility index (Phi) is 5.22. The standard InChI is InChI=1S/C15H22BrFN2/c1-3-7-18-14-6-8-19(10-11(14)2)15-5-4-12(16)9-13(15)17/h4-5,9,11,14,18H,3,6-8,10H2,1-2H3. The van der Waals surface area contributed by atoms with Crippen molar-refractivity contribution in [3.8, 4) is 0 Å². The average molecular weight is 329 g/mol. The fourth-order valence-electron chi connectivity index (χ4n) is 2.74. The zero-order valence-electron chi connectivity index (χ0n) is 11.6. The smallest absolute Gasteiger partial charge is 0.147 e. The quantitative estimate of drug-likeness (QED) is 0.904. The molecule has 106 valence electrons. The van der Waals surface area contributed by atoms with Crippen molar-refractivity contribution in [2.24, 2.45) is 5.92 Å². The van der Waals surface area contributed by atoms with Crippen LogP contribution in [0.25, 0.3) is 0 Å². The van der Waals surface area contributed by atoms with E-state index in [-0.39, 0.29) is 5.82 Å². The van der Waals surface area contributed by atoms with Crippen LogP contribution in [0.2, 0.25) is 0 Å². The van der Waals surface area contributed by atoms with Gasteiger partial charge in [0.1, 0.15) is 5.82 Å². The lowest BCUT2D eigenvalue weighted by atomic mass is 9.93. The number of benzene rings is 1. The second-order valence-electron chi connectivity index (χ2n) is 5.37. The number of hydrogen-bond donors (Lipinski definition) is 1. The molecule has 0 aromatic heterocycles. The van der Waals surface area contributed by atoms with Crippen LogP contribution in [0.15, 0.2) is 22.7 Å². The van der Waals surface area contributed by atoms with Crippen molar-refractivity contribution in [1.29, 1.82) is 0 Å². The Labute approximate surface area is 123 Å². The largest absolute Gasteiger partial charge is 0.369 e. The number of halogens is 2. The van der Waals surface area contributed by atoms with Crippen molar-refractivity contribution >= 4 is 21.6 Å². The lowest BCUT2D eigenvalue weighted by molar-refractivity contribution is 0.321. The van der Waals surface area contributed by atoms with Crippen molar-refractivity contribution in [2.75, 3.05) is 24.5 Å². The highest BCUT2D eigenvalue weighted by molar-refractivity contribution is 9.10. The molecule has 1 heterocycles. The van der Waals surface area contributed by atoms with E-state index in [4.69, 9.17) is 0 Å². The summed E-state index contributed by atoms with van der Waals surface area (Å²) >= 11 is 3.30. The molecule has 1 saturated heterocycles. The van der Waals surface area contributed by atoms with Crippen LogP contribution < -0.4 is 10.2 Å². The molecular formula is C15H22BrFN2. The second-order valence-corrected chi connectivity index (χ2v) is 6.28. The lowest BCUT2D eigenvalue weighted by Crippen LogP contribution is -2.48. The fraction of sp³-hybridized carbons (Fsp3) is 0.600. The summed E-state index contributed by atoms with van der Waals surface area (Å²) < 4.78 is 14.8. The molecule has 1 aliphatic heterocycles. The van der Waals surface area contributed by atoms with Crippen LogP contribution in [0.4, 0.5) is 10.1 Å². The van der Waals surface area contributed by atoms with Crippen molar-refractivity contribution in [2.45, 2.75) is 32.7 Å². The summed E-state index contributed by atoms with van der Waals surface area (Å²) in [6.45, 7) is 7.34. The van der Waals surface area contributed by atoms with E-state index in [9.17, 15) is 4.39 Å². The monoisotopic (exact) mass is 328 g/mol. The highest BCUT2D eigenvalue weighted by Gasteiger charge is 2.26. The van der Waals surface area contributed by atoms with Gasteiger partial charge in [-0.05, 0) is 43.5 Å². The van der Waals surface area contributed by atoms with Gasteiger partial charge in [-0.2, -0.15) is 0 Å². The Morgan fingerprint density at radius 2 is 2.26 bits per heavy atom. The normalized spacial score (nSPS) is 23.7. The molecular weight excluding hydrogens is 307 g/mol. The summed E-state index contributed by atoms with van der Waals surface area (Å²) in [5.74, 6) is 0.407. The summed E-state index contributed by atoms with van der Waals surface area (Å²) in [4.78, 5) is 2.16. The molecule has 2 rings (SSSR count). The van der Waals surface area contributed by atoms with Gasteiger partial charge in [-0.3, -0.25) is 0 Å². The average Bonchev–Trinajstić information content (AvgIpc) is 2.37. The van der Waals surface area contributed by atoms with Gasteiger partial charge in [0, 0.05) is 23.6 Å². The Bertz CT molecular complexity index is 425. The van der Waals surface area contributed by atoms with E-state index < -0.39 is 0 Å². The summed E-state index contributed by atoms with van der Waals surface area (Å²) in [7, 11) is 0.